The van der Waals surface area contributed by atoms with Gasteiger partial charge in [0.1, 0.15) is 6.54 Å². The highest BCUT2D eigenvalue weighted by atomic mass is 16.2. The van der Waals surface area contributed by atoms with E-state index in [9.17, 15) is 4.79 Å². The van der Waals surface area contributed by atoms with Gasteiger partial charge in [0.05, 0.1) is 0 Å². The molecule has 2 bridgehead atoms. The summed E-state index contributed by atoms with van der Waals surface area (Å²) in [5.41, 5.74) is 0.908. The minimum absolute atomic E-state index is 0.0956. The van der Waals surface area contributed by atoms with E-state index in [1.165, 1.54) is 4.80 Å². The number of carbonyl (C=O) groups is 1. The zero-order valence-electron chi connectivity index (χ0n) is 12.9. The van der Waals surface area contributed by atoms with Gasteiger partial charge in [-0.2, -0.15) is 4.80 Å². The van der Waals surface area contributed by atoms with E-state index in [1.807, 2.05) is 35.2 Å². The van der Waals surface area contributed by atoms with E-state index in [2.05, 4.69) is 20.7 Å². The molecule has 2 unspecified atom stereocenters. The lowest BCUT2D eigenvalue weighted by molar-refractivity contribution is -0.134. The molecule has 0 aliphatic carbocycles. The number of amides is 1. The zero-order valence-corrected chi connectivity index (χ0v) is 12.9. The Morgan fingerprint density at radius 1 is 1.17 bits per heavy atom. The van der Waals surface area contributed by atoms with Crippen LogP contribution in [-0.2, 0) is 11.3 Å². The third-order valence-electron chi connectivity index (χ3n) is 4.70. The van der Waals surface area contributed by atoms with E-state index in [0.29, 0.717) is 17.9 Å². The van der Waals surface area contributed by atoms with Gasteiger partial charge in [0.25, 0.3) is 0 Å². The molecule has 1 aromatic heterocycles. The first-order valence-electron chi connectivity index (χ1n) is 8.16. The first-order valence-corrected chi connectivity index (χ1v) is 8.16. The van der Waals surface area contributed by atoms with E-state index < -0.39 is 0 Å². The van der Waals surface area contributed by atoms with Gasteiger partial charge < -0.3 is 10.2 Å². The lowest BCUT2D eigenvalue weighted by Gasteiger charge is -2.27. The highest BCUT2D eigenvalue weighted by molar-refractivity contribution is 5.77. The molecule has 3 heterocycles. The highest BCUT2D eigenvalue weighted by Gasteiger charge is 2.38. The van der Waals surface area contributed by atoms with Gasteiger partial charge in [-0.1, -0.05) is 30.3 Å². The summed E-state index contributed by atoms with van der Waals surface area (Å²) in [5, 5.41) is 15.8. The molecule has 4 rings (SSSR count). The van der Waals surface area contributed by atoms with E-state index in [4.69, 9.17) is 0 Å². The first kappa shape index (κ1) is 14.3. The Bertz CT molecular complexity index is 671. The molecule has 1 amide bonds. The maximum Gasteiger partial charge on any atom is 0.246 e. The van der Waals surface area contributed by atoms with E-state index in [-0.39, 0.29) is 12.5 Å². The number of tetrazole rings is 1. The lowest BCUT2D eigenvalue weighted by Crippen LogP contribution is -2.44. The first-order chi connectivity index (χ1) is 11.3. The molecule has 2 aliphatic rings. The normalized spacial score (nSPS) is 23.7. The second-order valence-corrected chi connectivity index (χ2v) is 6.19. The molecule has 1 aromatic carbocycles. The fourth-order valence-corrected chi connectivity index (χ4v) is 3.61. The summed E-state index contributed by atoms with van der Waals surface area (Å²) in [6.45, 7) is 2.04. The van der Waals surface area contributed by atoms with Crippen molar-refractivity contribution in [2.45, 2.75) is 37.9 Å². The second-order valence-electron chi connectivity index (χ2n) is 6.19. The summed E-state index contributed by atoms with van der Waals surface area (Å²) >= 11 is 0. The molecule has 23 heavy (non-hydrogen) atoms. The minimum atomic E-state index is 0.0956. The van der Waals surface area contributed by atoms with E-state index in [1.54, 1.807) is 0 Å². The Morgan fingerprint density at radius 3 is 2.87 bits per heavy atom. The molecule has 0 spiro atoms. The number of nitrogens with one attached hydrogen (secondary N) is 1. The molecule has 2 atom stereocenters. The van der Waals surface area contributed by atoms with Crippen molar-refractivity contribution in [2.24, 2.45) is 0 Å². The number of hydrogen-bond acceptors (Lipinski definition) is 5. The molecule has 7 heteroatoms. The number of rotatable bonds is 3. The summed E-state index contributed by atoms with van der Waals surface area (Å²) in [7, 11) is 0. The average Bonchev–Trinajstić information content (AvgIpc) is 3.11. The molecule has 0 saturated carbocycles. The molecular formula is C16H20N6O. The maximum absolute atomic E-state index is 12.7. The summed E-state index contributed by atoms with van der Waals surface area (Å²) in [6.07, 6.45) is 3.23. The molecule has 7 nitrogen and oxygen atoms in total. The Morgan fingerprint density at radius 2 is 2.00 bits per heavy atom. The Labute approximate surface area is 134 Å². The summed E-state index contributed by atoms with van der Waals surface area (Å²) in [5.74, 6) is 0.650. The number of aromatic nitrogens is 4. The molecule has 120 valence electrons. The molecule has 2 fully saturated rings. The predicted molar refractivity (Wildman–Crippen MR) is 84.4 cm³/mol. The predicted octanol–water partition coefficient (Wildman–Crippen LogP) is 0.693. The van der Waals surface area contributed by atoms with E-state index >= 15 is 0 Å². The van der Waals surface area contributed by atoms with Gasteiger partial charge in [0, 0.05) is 24.2 Å². The van der Waals surface area contributed by atoms with Crippen LogP contribution in [0.25, 0.3) is 11.4 Å². The van der Waals surface area contributed by atoms with Crippen molar-refractivity contribution in [3.05, 3.63) is 30.3 Å². The third-order valence-corrected chi connectivity index (χ3v) is 4.70. The van der Waals surface area contributed by atoms with Crippen LogP contribution < -0.4 is 5.32 Å². The van der Waals surface area contributed by atoms with Crippen molar-refractivity contribution in [1.82, 2.24) is 30.4 Å². The van der Waals surface area contributed by atoms with Crippen LogP contribution in [0.3, 0.4) is 0 Å². The van der Waals surface area contributed by atoms with Gasteiger partial charge >= 0.3 is 0 Å². The van der Waals surface area contributed by atoms with Crippen LogP contribution >= 0.6 is 0 Å². The van der Waals surface area contributed by atoms with Crippen molar-refractivity contribution < 1.29 is 4.79 Å². The van der Waals surface area contributed by atoms with Crippen LogP contribution in [0.1, 0.15) is 19.3 Å². The monoisotopic (exact) mass is 312 g/mol. The molecular weight excluding hydrogens is 292 g/mol. The van der Waals surface area contributed by atoms with Crippen molar-refractivity contribution in [2.75, 3.05) is 13.1 Å². The Kier molecular flexibility index (Phi) is 3.78. The summed E-state index contributed by atoms with van der Waals surface area (Å²) in [4.78, 5) is 16.1. The Balaban J connectivity index is 1.48. The summed E-state index contributed by atoms with van der Waals surface area (Å²) < 4.78 is 0. The number of benzene rings is 1. The summed E-state index contributed by atoms with van der Waals surface area (Å²) in [6, 6.07) is 10.4. The average molecular weight is 312 g/mol. The van der Waals surface area contributed by atoms with Gasteiger partial charge in [0.15, 0.2) is 0 Å². The van der Waals surface area contributed by atoms with Crippen molar-refractivity contribution in [1.29, 1.82) is 0 Å². The fourth-order valence-electron chi connectivity index (χ4n) is 3.61. The SMILES string of the molecule is O=C(Cn1nnc(-c2ccccc2)n1)N1C2CCNCC1CC2. The quantitative estimate of drug-likeness (QED) is 0.902. The third kappa shape index (κ3) is 2.84. The minimum Gasteiger partial charge on any atom is -0.334 e. The van der Waals surface area contributed by atoms with Crippen LogP contribution in [0.4, 0.5) is 0 Å². The number of fused-ring (bicyclic) bond motifs is 2. The molecule has 2 aliphatic heterocycles. The highest BCUT2D eigenvalue weighted by Crippen LogP contribution is 2.28. The number of nitrogens with zero attached hydrogens (tertiary/aromatic N) is 5. The molecule has 1 N–H and O–H groups in total. The molecule has 2 saturated heterocycles. The van der Waals surface area contributed by atoms with Gasteiger partial charge in [-0.25, -0.2) is 0 Å². The Hall–Kier alpha value is -2.28. The van der Waals surface area contributed by atoms with Crippen LogP contribution in [0.5, 0.6) is 0 Å². The van der Waals surface area contributed by atoms with Crippen molar-refractivity contribution in [3.63, 3.8) is 0 Å². The van der Waals surface area contributed by atoms with Gasteiger partial charge in [-0.3, -0.25) is 4.79 Å². The van der Waals surface area contributed by atoms with E-state index in [0.717, 1.165) is 37.9 Å². The van der Waals surface area contributed by atoms with Gasteiger partial charge in [0.2, 0.25) is 11.7 Å². The lowest BCUT2D eigenvalue weighted by atomic mass is 10.1. The number of hydrogen-bond donors (Lipinski definition) is 1. The standard InChI is InChI=1S/C16H20N6O/c23-15(22-13-6-7-14(22)10-17-9-8-13)11-21-19-16(18-20-21)12-4-2-1-3-5-12/h1-5,13-14,17H,6-11H2. The van der Waals surface area contributed by atoms with Crippen LogP contribution in [-0.4, -0.2) is 56.2 Å². The van der Waals surface area contributed by atoms with Crippen LogP contribution in [0.2, 0.25) is 0 Å². The fraction of sp³-hybridized carbons (Fsp3) is 0.500. The van der Waals surface area contributed by atoms with Gasteiger partial charge in [-0.15, -0.1) is 10.2 Å². The zero-order chi connectivity index (χ0) is 15.6. The van der Waals surface area contributed by atoms with Crippen LogP contribution in [0, 0.1) is 0 Å². The maximum atomic E-state index is 12.7. The van der Waals surface area contributed by atoms with Gasteiger partial charge in [-0.05, 0) is 31.0 Å². The number of carbonyl (C=O) groups excluding carboxylic acids is 1. The molecule has 2 aromatic rings. The van der Waals surface area contributed by atoms with Crippen molar-refractivity contribution in [3.8, 4) is 11.4 Å². The van der Waals surface area contributed by atoms with Crippen LogP contribution in [0.15, 0.2) is 30.3 Å². The molecule has 0 radical (unpaired) electrons. The van der Waals surface area contributed by atoms with Crippen molar-refractivity contribution >= 4 is 5.91 Å². The second kappa shape index (κ2) is 6.08. The smallest absolute Gasteiger partial charge is 0.246 e. The topological polar surface area (TPSA) is 75.9 Å². The largest absolute Gasteiger partial charge is 0.334 e.